The lowest BCUT2D eigenvalue weighted by molar-refractivity contribution is 0.0881. The molecule has 1 amide bonds. The number of pyridine rings is 1. The minimum absolute atomic E-state index is 0.0373. The summed E-state index contributed by atoms with van der Waals surface area (Å²) in [5.41, 5.74) is 0.687. The van der Waals surface area contributed by atoms with Crippen LogP contribution in [0.3, 0.4) is 0 Å². The van der Waals surface area contributed by atoms with E-state index in [1.165, 1.54) is 0 Å². The molecule has 0 bridgehead atoms. The van der Waals surface area contributed by atoms with Crippen LogP contribution in [0.5, 0.6) is 5.75 Å². The van der Waals surface area contributed by atoms with Crippen LogP contribution in [0.1, 0.15) is 37.2 Å². The van der Waals surface area contributed by atoms with Crippen LogP contribution >= 0.6 is 0 Å². The number of methoxy groups -OCH3 is 1. The predicted octanol–water partition coefficient (Wildman–Crippen LogP) is 2.52. The van der Waals surface area contributed by atoms with Gasteiger partial charge in [-0.05, 0) is 44.0 Å². The van der Waals surface area contributed by atoms with Crippen molar-refractivity contribution < 1.29 is 14.6 Å². The van der Waals surface area contributed by atoms with Crippen LogP contribution < -0.4 is 10.1 Å². The molecule has 0 aliphatic rings. The minimum Gasteiger partial charge on any atom is -0.497 e. The highest BCUT2D eigenvalue weighted by molar-refractivity contribution is 5.95. The van der Waals surface area contributed by atoms with Gasteiger partial charge in [-0.2, -0.15) is 0 Å². The maximum atomic E-state index is 12.4. The molecule has 0 saturated heterocycles. The molecule has 1 heterocycles. The van der Waals surface area contributed by atoms with Gasteiger partial charge in [0.1, 0.15) is 11.4 Å². The molecule has 2 rings (SSSR count). The molecule has 5 nitrogen and oxygen atoms in total. The lowest BCUT2D eigenvalue weighted by Crippen LogP contribution is -2.46. The lowest BCUT2D eigenvalue weighted by atomic mass is 9.94. The number of fused-ring (bicyclic) bond motifs is 1. The molecule has 22 heavy (non-hydrogen) atoms. The Morgan fingerprint density at radius 3 is 2.77 bits per heavy atom. The second kappa shape index (κ2) is 6.75. The summed E-state index contributed by atoms with van der Waals surface area (Å²) in [6.07, 6.45) is 1.25. The molecule has 1 aromatic carbocycles. The number of nitrogens with zero attached hydrogens (tertiary/aromatic N) is 1. The average Bonchev–Trinajstić information content (AvgIpc) is 2.53. The van der Waals surface area contributed by atoms with Gasteiger partial charge in [0.15, 0.2) is 0 Å². The quantitative estimate of drug-likeness (QED) is 0.860. The molecule has 1 unspecified atom stereocenters. The first-order valence-corrected chi connectivity index (χ1v) is 7.39. The smallest absolute Gasteiger partial charge is 0.270 e. The van der Waals surface area contributed by atoms with E-state index in [4.69, 9.17) is 9.84 Å². The third-order valence-electron chi connectivity index (χ3n) is 3.99. The Labute approximate surface area is 130 Å². The van der Waals surface area contributed by atoms with E-state index >= 15 is 0 Å². The van der Waals surface area contributed by atoms with Crippen molar-refractivity contribution in [1.82, 2.24) is 10.3 Å². The number of carbonyl (C=O) groups is 1. The zero-order valence-electron chi connectivity index (χ0n) is 13.2. The van der Waals surface area contributed by atoms with E-state index in [-0.39, 0.29) is 12.5 Å². The zero-order valence-corrected chi connectivity index (χ0v) is 13.2. The predicted molar refractivity (Wildman–Crippen MR) is 86.2 cm³/mol. The Balaban J connectivity index is 2.25. The second-order valence-electron chi connectivity index (χ2n) is 5.60. The largest absolute Gasteiger partial charge is 0.497 e. The molecular weight excluding hydrogens is 280 g/mol. The van der Waals surface area contributed by atoms with E-state index in [0.29, 0.717) is 12.1 Å². The maximum absolute atomic E-state index is 12.4. The fourth-order valence-electron chi connectivity index (χ4n) is 2.27. The average molecular weight is 302 g/mol. The molecule has 118 valence electrons. The van der Waals surface area contributed by atoms with Gasteiger partial charge in [0.25, 0.3) is 5.91 Å². The van der Waals surface area contributed by atoms with Crippen molar-refractivity contribution in [2.24, 2.45) is 0 Å². The van der Waals surface area contributed by atoms with Crippen LogP contribution in [0.4, 0.5) is 0 Å². The Morgan fingerprint density at radius 2 is 2.14 bits per heavy atom. The summed E-state index contributed by atoms with van der Waals surface area (Å²) in [5.74, 6) is 0.531. The summed E-state index contributed by atoms with van der Waals surface area (Å²) in [6.45, 7) is 3.94. The number of carbonyl (C=O) groups excluding carboxylic acids is 1. The van der Waals surface area contributed by atoms with Crippen LogP contribution in [0.2, 0.25) is 0 Å². The first-order valence-electron chi connectivity index (χ1n) is 7.39. The van der Waals surface area contributed by atoms with E-state index in [1.54, 1.807) is 13.2 Å². The van der Waals surface area contributed by atoms with Crippen molar-refractivity contribution in [2.45, 2.75) is 32.2 Å². The molecule has 1 atom stereocenters. The molecule has 1 aromatic heterocycles. The summed E-state index contributed by atoms with van der Waals surface area (Å²) in [7, 11) is 1.61. The molecule has 0 spiro atoms. The highest BCUT2D eigenvalue weighted by atomic mass is 16.5. The van der Waals surface area contributed by atoms with Gasteiger partial charge in [-0.3, -0.25) is 4.79 Å². The van der Waals surface area contributed by atoms with Gasteiger partial charge in [0.05, 0.1) is 12.6 Å². The van der Waals surface area contributed by atoms with Gasteiger partial charge in [-0.25, -0.2) is 4.98 Å². The molecule has 2 N–H and O–H groups in total. The topological polar surface area (TPSA) is 71.5 Å². The van der Waals surface area contributed by atoms with Gasteiger partial charge in [0.2, 0.25) is 0 Å². The summed E-state index contributed by atoms with van der Waals surface area (Å²) in [6, 6.07) is 9.09. The monoisotopic (exact) mass is 302 g/mol. The Bertz CT molecular complexity index is 672. The van der Waals surface area contributed by atoms with Crippen LogP contribution in [-0.2, 0) is 0 Å². The fraction of sp³-hybridized carbons (Fsp3) is 0.412. The summed E-state index contributed by atoms with van der Waals surface area (Å²) >= 11 is 0. The molecule has 0 aliphatic heterocycles. The molecule has 0 radical (unpaired) electrons. The number of aliphatic hydroxyl groups excluding tert-OH is 1. The number of amides is 1. The Hall–Kier alpha value is -2.14. The first-order chi connectivity index (χ1) is 10.5. The molecule has 5 heteroatoms. The fourth-order valence-corrected chi connectivity index (χ4v) is 2.27. The van der Waals surface area contributed by atoms with E-state index in [2.05, 4.69) is 10.3 Å². The van der Waals surface area contributed by atoms with Crippen LogP contribution in [0.15, 0.2) is 30.3 Å². The van der Waals surface area contributed by atoms with Gasteiger partial charge >= 0.3 is 0 Å². The van der Waals surface area contributed by atoms with E-state index in [0.717, 1.165) is 23.1 Å². The van der Waals surface area contributed by atoms with Crippen molar-refractivity contribution in [1.29, 1.82) is 0 Å². The highest BCUT2D eigenvalue weighted by Crippen LogP contribution is 2.20. The van der Waals surface area contributed by atoms with Crippen LogP contribution in [0.25, 0.3) is 10.9 Å². The first kappa shape index (κ1) is 16.2. The van der Waals surface area contributed by atoms with E-state index < -0.39 is 5.54 Å². The van der Waals surface area contributed by atoms with Gasteiger partial charge in [-0.1, -0.05) is 13.0 Å². The standard InChI is InChI=1S/C17H22N2O3/c1-4-17(2,9-10-20)19-16(21)15-7-5-12-11-13(22-3)6-8-14(12)18-15/h5-8,11,20H,4,9-10H2,1-3H3,(H,19,21). The van der Waals surface area contributed by atoms with E-state index in [1.807, 2.05) is 38.1 Å². The number of aliphatic hydroxyl groups is 1. The van der Waals surface area contributed by atoms with Crippen molar-refractivity contribution in [3.05, 3.63) is 36.0 Å². The molecule has 0 aliphatic carbocycles. The van der Waals surface area contributed by atoms with Crippen LogP contribution in [-0.4, -0.2) is 35.3 Å². The number of hydrogen-bond acceptors (Lipinski definition) is 4. The SMILES string of the molecule is CCC(C)(CCO)NC(=O)c1ccc2cc(OC)ccc2n1. The Morgan fingerprint density at radius 1 is 1.36 bits per heavy atom. The number of hydrogen-bond donors (Lipinski definition) is 2. The van der Waals surface area contributed by atoms with Crippen molar-refractivity contribution in [2.75, 3.05) is 13.7 Å². The Kier molecular flexibility index (Phi) is 4.98. The highest BCUT2D eigenvalue weighted by Gasteiger charge is 2.24. The second-order valence-corrected chi connectivity index (χ2v) is 5.60. The third kappa shape index (κ3) is 3.54. The third-order valence-corrected chi connectivity index (χ3v) is 3.99. The number of ether oxygens (including phenoxy) is 1. The lowest BCUT2D eigenvalue weighted by Gasteiger charge is -2.28. The van der Waals surface area contributed by atoms with Crippen molar-refractivity contribution >= 4 is 16.8 Å². The maximum Gasteiger partial charge on any atom is 0.270 e. The number of benzene rings is 1. The summed E-state index contributed by atoms with van der Waals surface area (Å²) in [5, 5.41) is 13.0. The zero-order chi connectivity index (χ0) is 16.2. The molecule has 0 fully saturated rings. The van der Waals surface area contributed by atoms with Crippen molar-refractivity contribution in [3.63, 3.8) is 0 Å². The van der Waals surface area contributed by atoms with Gasteiger partial charge in [-0.15, -0.1) is 0 Å². The minimum atomic E-state index is -0.428. The molecule has 2 aromatic rings. The number of aromatic nitrogens is 1. The normalized spacial score (nSPS) is 13.6. The van der Waals surface area contributed by atoms with E-state index in [9.17, 15) is 4.79 Å². The number of nitrogens with one attached hydrogen (secondary N) is 1. The molecule has 0 saturated carbocycles. The summed E-state index contributed by atoms with van der Waals surface area (Å²) in [4.78, 5) is 16.8. The van der Waals surface area contributed by atoms with Gasteiger partial charge < -0.3 is 15.2 Å². The molecular formula is C17H22N2O3. The number of rotatable bonds is 6. The van der Waals surface area contributed by atoms with Gasteiger partial charge in [0, 0.05) is 17.5 Å². The summed E-state index contributed by atoms with van der Waals surface area (Å²) < 4.78 is 5.18. The van der Waals surface area contributed by atoms with Crippen LogP contribution in [0, 0.1) is 0 Å². The van der Waals surface area contributed by atoms with Crippen molar-refractivity contribution in [3.8, 4) is 5.75 Å².